The summed E-state index contributed by atoms with van der Waals surface area (Å²) in [5.74, 6) is -2.49. The van der Waals surface area contributed by atoms with Gasteiger partial charge in [-0.05, 0) is 110 Å². The number of esters is 1. The van der Waals surface area contributed by atoms with E-state index in [1.165, 1.54) is 11.1 Å². The molecule has 2 aromatic rings. The first-order chi connectivity index (χ1) is 33.1. The largest absolute Gasteiger partial charge is 0.480 e. The van der Waals surface area contributed by atoms with Crippen LogP contribution in [0, 0.1) is 37.5 Å². The monoisotopic (exact) mass is 979 g/mol. The van der Waals surface area contributed by atoms with Crippen LogP contribution in [0.25, 0.3) is 0 Å². The number of nitrogens with zero attached hydrogens (tertiary/aromatic N) is 2. The summed E-state index contributed by atoms with van der Waals surface area (Å²) < 4.78 is 17.7. The van der Waals surface area contributed by atoms with E-state index in [2.05, 4.69) is 21.3 Å². The minimum atomic E-state index is -1.01. The number of carboxylic acids is 1. The van der Waals surface area contributed by atoms with Gasteiger partial charge in [-0.2, -0.15) is 0 Å². The summed E-state index contributed by atoms with van der Waals surface area (Å²) in [6, 6.07) is 14.5. The molecule has 2 fully saturated rings. The molecule has 4 unspecified atom stereocenters. The van der Waals surface area contributed by atoms with Crippen LogP contribution in [0.2, 0.25) is 0 Å². The van der Waals surface area contributed by atoms with Crippen LogP contribution in [0.1, 0.15) is 136 Å². The number of aliphatic carboxylic acids is 1. The molecule has 0 aromatic heterocycles. The van der Waals surface area contributed by atoms with E-state index in [0.29, 0.717) is 65.3 Å². The number of urea groups is 2. The van der Waals surface area contributed by atoms with E-state index in [0.717, 1.165) is 49.7 Å². The van der Waals surface area contributed by atoms with Crippen molar-refractivity contribution in [1.29, 1.82) is 0 Å². The van der Waals surface area contributed by atoms with Gasteiger partial charge >= 0.3 is 24.0 Å². The van der Waals surface area contributed by atoms with Crippen LogP contribution in [0.15, 0.2) is 48.5 Å². The number of hydrogen-bond donors (Lipinski definition) is 5. The molecule has 0 radical (unpaired) electrons. The number of carbonyl (C=O) groups is 6. The van der Waals surface area contributed by atoms with E-state index in [-0.39, 0.29) is 59.8 Å². The topological polar surface area (TPSA) is 205 Å². The van der Waals surface area contributed by atoms with Gasteiger partial charge in [-0.3, -0.25) is 9.59 Å². The number of rotatable bonds is 22. The molecule has 16 nitrogen and oxygen atoms in total. The second-order valence-corrected chi connectivity index (χ2v) is 20.5. The Morgan fingerprint density at radius 2 is 1.01 bits per heavy atom. The van der Waals surface area contributed by atoms with Gasteiger partial charge in [0.25, 0.3) is 0 Å². The zero-order chi connectivity index (χ0) is 52.0. The average molecular weight is 979 g/mol. The molecular weight excluding hydrogens is 893 g/mol. The second kappa shape index (κ2) is 29.8. The van der Waals surface area contributed by atoms with Gasteiger partial charge in [0.15, 0.2) is 0 Å². The van der Waals surface area contributed by atoms with Crippen LogP contribution in [0.4, 0.5) is 9.59 Å². The smallest absolute Gasteiger partial charge is 0.329 e. The van der Waals surface area contributed by atoms with Crippen molar-refractivity contribution < 1.29 is 48.1 Å². The highest BCUT2D eigenvalue weighted by Crippen LogP contribution is 2.29. The Labute approximate surface area is 418 Å². The predicted octanol–water partition coefficient (Wildman–Crippen LogP) is 7.91. The summed E-state index contributed by atoms with van der Waals surface area (Å²) in [5.41, 5.74) is 3.86. The molecule has 4 rings (SSSR count). The first-order valence-electron chi connectivity index (χ1n) is 25.6. The van der Waals surface area contributed by atoms with Crippen molar-refractivity contribution in [1.82, 2.24) is 31.1 Å². The lowest BCUT2D eigenvalue weighted by Crippen LogP contribution is -2.49. The summed E-state index contributed by atoms with van der Waals surface area (Å²) in [4.78, 5) is 78.4. The van der Waals surface area contributed by atoms with Gasteiger partial charge in [-0.15, -0.1) is 0 Å². The maximum absolute atomic E-state index is 13.1. The van der Waals surface area contributed by atoms with Gasteiger partial charge in [0.2, 0.25) is 11.8 Å². The van der Waals surface area contributed by atoms with Crippen molar-refractivity contribution in [3.63, 3.8) is 0 Å². The lowest BCUT2D eigenvalue weighted by Gasteiger charge is -2.32. The predicted molar refractivity (Wildman–Crippen MR) is 272 cm³/mol. The Morgan fingerprint density at radius 3 is 1.36 bits per heavy atom. The number of carbonyl (C=O) groups excluding carboxylic acids is 5. The van der Waals surface area contributed by atoms with Crippen LogP contribution in [0.5, 0.6) is 0 Å². The van der Waals surface area contributed by atoms with Crippen LogP contribution in [-0.4, -0.2) is 120 Å². The number of amides is 6. The first-order valence-corrected chi connectivity index (χ1v) is 25.6. The lowest BCUT2D eigenvalue weighted by atomic mass is 9.86. The Bertz CT molecular complexity index is 1940. The van der Waals surface area contributed by atoms with E-state index in [1.807, 2.05) is 111 Å². The minimum Gasteiger partial charge on any atom is -0.480 e. The molecule has 6 atom stereocenters. The third kappa shape index (κ3) is 21.4. The van der Waals surface area contributed by atoms with Crippen LogP contribution < -0.4 is 21.3 Å². The maximum Gasteiger partial charge on any atom is 0.329 e. The summed E-state index contributed by atoms with van der Waals surface area (Å²) in [5, 5.41) is 20.7. The molecule has 2 aliphatic carbocycles. The van der Waals surface area contributed by atoms with Crippen LogP contribution in [0.3, 0.4) is 0 Å². The van der Waals surface area contributed by atoms with E-state index >= 15 is 0 Å². The van der Waals surface area contributed by atoms with Crippen molar-refractivity contribution in [3.05, 3.63) is 70.8 Å². The summed E-state index contributed by atoms with van der Waals surface area (Å²) >= 11 is 0. The molecule has 0 aliphatic heterocycles. The molecule has 0 spiro atoms. The van der Waals surface area contributed by atoms with Gasteiger partial charge in [0.1, 0.15) is 17.7 Å². The minimum absolute atomic E-state index is 0.0565. The van der Waals surface area contributed by atoms with Gasteiger partial charge in [0.05, 0.1) is 25.4 Å². The molecule has 2 aliphatic rings. The molecule has 2 saturated carbocycles. The highest BCUT2D eigenvalue weighted by Gasteiger charge is 2.35. The third-order valence-corrected chi connectivity index (χ3v) is 12.5. The van der Waals surface area contributed by atoms with Crippen LogP contribution in [-0.2, 0) is 46.5 Å². The standard InChI is InChI=1S/C29H47N3O5.C25H39N3O5/c1-8-30-28(35)32(19-22-14-12-21(4)13-15-22)16-17-36-24-11-9-10-23(18-24)26(33)31-25(20(2)3)27(34)37-29(5,6)7;1-5-26-25(32)28(16-19-11-9-18(4)10-12-19)13-14-33-21-8-6-7-20(15-21)23(29)27-22(17(2)3)24(30)31/h12-15,20,23-25H,8-11,16-19H2,1-7H3,(H,30,35)(H,31,33);9-12,17,20-22H,5-8,13-16H2,1-4H3,(H,26,32)(H,27,29)(H,30,31)/t23?,24?,25-;20?,21?,22-/m00/s1. The van der Waals surface area contributed by atoms with E-state index < -0.39 is 29.6 Å². The summed E-state index contributed by atoms with van der Waals surface area (Å²) in [7, 11) is 0. The van der Waals surface area contributed by atoms with Crippen molar-refractivity contribution >= 4 is 35.8 Å². The third-order valence-electron chi connectivity index (χ3n) is 12.5. The van der Waals surface area contributed by atoms with Gasteiger partial charge in [0, 0.05) is 51.1 Å². The van der Waals surface area contributed by atoms with Gasteiger partial charge < -0.3 is 50.4 Å². The summed E-state index contributed by atoms with van der Waals surface area (Å²) in [6.07, 6.45) is 6.00. The number of hydrogen-bond acceptors (Lipinski definition) is 9. The summed E-state index contributed by atoms with van der Waals surface area (Å²) in [6.45, 7) is 24.5. The Morgan fingerprint density at radius 1 is 0.629 bits per heavy atom. The lowest BCUT2D eigenvalue weighted by molar-refractivity contribution is -0.160. The number of carboxylic acid groups (broad SMARTS) is 1. The van der Waals surface area contributed by atoms with Crippen molar-refractivity contribution in [2.24, 2.45) is 23.7 Å². The normalized spacial score (nSPS) is 18.9. The van der Waals surface area contributed by atoms with Gasteiger partial charge in [-0.1, -0.05) is 100 Å². The fourth-order valence-electron chi connectivity index (χ4n) is 8.51. The first kappa shape index (κ1) is 59.1. The quantitative estimate of drug-likeness (QED) is 0.0722. The average Bonchev–Trinajstić information content (AvgIpc) is 3.30. The zero-order valence-corrected chi connectivity index (χ0v) is 44.1. The molecule has 0 saturated heterocycles. The van der Waals surface area contributed by atoms with Crippen molar-refractivity contribution in [2.75, 3.05) is 39.4 Å². The van der Waals surface area contributed by atoms with Crippen molar-refractivity contribution in [2.45, 2.75) is 171 Å². The number of ether oxygens (including phenoxy) is 3. The molecule has 70 heavy (non-hydrogen) atoms. The van der Waals surface area contributed by atoms with E-state index in [4.69, 9.17) is 14.2 Å². The number of nitrogens with one attached hydrogen (secondary N) is 4. The van der Waals surface area contributed by atoms with E-state index in [9.17, 15) is 33.9 Å². The number of benzene rings is 2. The zero-order valence-electron chi connectivity index (χ0n) is 44.1. The SMILES string of the molecule is CCNC(=O)N(CCOC1CCCC(C(=O)N[C@H](C(=O)O)C(C)C)C1)Cc1ccc(C)cc1.CCNC(=O)N(CCOC1CCCC(C(=O)N[C@H](C(=O)OC(C)(C)C)C(C)C)C1)Cc1ccc(C)cc1. The molecule has 0 heterocycles. The second-order valence-electron chi connectivity index (χ2n) is 20.5. The highest BCUT2D eigenvalue weighted by molar-refractivity contribution is 5.86. The Kier molecular flexibility index (Phi) is 25.2. The maximum atomic E-state index is 13.1. The molecule has 16 heteroatoms. The Balaban J connectivity index is 0.000000373. The number of aryl methyl sites for hydroxylation is 2. The fourth-order valence-corrected chi connectivity index (χ4v) is 8.51. The van der Waals surface area contributed by atoms with E-state index in [1.54, 1.807) is 23.6 Å². The molecular formula is C54H86N6O10. The van der Waals surface area contributed by atoms with Gasteiger partial charge in [-0.25, -0.2) is 19.2 Å². The molecule has 0 bridgehead atoms. The van der Waals surface area contributed by atoms with Crippen LogP contribution >= 0.6 is 0 Å². The highest BCUT2D eigenvalue weighted by atomic mass is 16.6. The van der Waals surface area contributed by atoms with Crippen molar-refractivity contribution in [3.8, 4) is 0 Å². The molecule has 6 amide bonds. The fraction of sp³-hybridized carbons (Fsp3) is 0.667. The molecule has 392 valence electrons. The Hall–Kier alpha value is -5.22. The molecule has 5 N–H and O–H groups in total. The molecule has 2 aromatic carbocycles.